The maximum Gasteiger partial charge on any atom is 0.120 e. The zero-order chi connectivity index (χ0) is 15.5. The first-order chi connectivity index (χ1) is 10.7. The number of para-hydroxylation sites is 1. The van der Waals surface area contributed by atoms with Gasteiger partial charge in [-0.25, -0.2) is 0 Å². The van der Waals surface area contributed by atoms with E-state index in [0.29, 0.717) is 6.61 Å². The Morgan fingerprint density at radius 2 is 1.73 bits per heavy atom. The zero-order valence-corrected chi connectivity index (χ0v) is 13.3. The van der Waals surface area contributed by atoms with Gasteiger partial charge in [-0.05, 0) is 43.7 Å². The molecule has 0 bridgehead atoms. The van der Waals surface area contributed by atoms with Gasteiger partial charge in [0.15, 0.2) is 0 Å². The van der Waals surface area contributed by atoms with Crippen molar-refractivity contribution in [2.45, 2.75) is 27.0 Å². The summed E-state index contributed by atoms with van der Waals surface area (Å²) in [5, 5.41) is 1.27. The first kappa shape index (κ1) is 14.5. The fourth-order valence-electron chi connectivity index (χ4n) is 2.82. The number of ether oxygens (including phenoxy) is 2. The van der Waals surface area contributed by atoms with E-state index in [-0.39, 0.29) is 0 Å². The van der Waals surface area contributed by atoms with E-state index >= 15 is 0 Å². The van der Waals surface area contributed by atoms with Crippen molar-refractivity contribution < 1.29 is 9.47 Å². The Morgan fingerprint density at radius 3 is 2.41 bits per heavy atom. The normalized spacial score (nSPS) is 10.9. The van der Waals surface area contributed by atoms with E-state index < -0.39 is 0 Å². The molecule has 3 nitrogen and oxygen atoms in total. The van der Waals surface area contributed by atoms with Crippen LogP contribution in [0.3, 0.4) is 0 Å². The van der Waals surface area contributed by atoms with E-state index in [4.69, 9.17) is 9.47 Å². The average Bonchev–Trinajstić information content (AvgIpc) is 2.93. The molecule has 1 heterocycles. The lowest BCUT2D eigenvalue weighted by atomic mass is 10.1. The largest absolute Gasteiger partial charge is 0.497 e. The number of rotatable bonds is 5. The molecule has 0 fully saturated rings. The molecule has 0 aliphatic heterocycles. The Balaban J connectivity index is 1.86. The summed E-state index contributed by atoms with van der Waals surface area (Å²) >= 11 is 0. The number of nitrogens with zero attached hydrogens (tertiary/aromatic N) is 1. The van der Waals surface area contributed by atoms with Crippen LogP contribution in [0.2, 0.25) is 0 Å². The quantitative estimate of drug-likeness (QED) is 0.689. The van der Waals surface area contributed by atoms with E-state index in [9.17, 15) is 0 Å². The van der Waals surface area contributed by atoms with E-state index in [0.717, 1.165) is 18.0 Å². The molecule has 0 atom stereocenters. The van der Waals surface area contributed by atoms with Crippen LogP contribution >= 0.6 is 0 Å². The summed E-state index contributed by atoms with van der Waals surface area (Å²) in [6.45, 7) is 5.85. The summed E-state index contributed by atoms with van der Waals surface area (Å²) in [5.74, 6) is 1.69. The number of methoxy groups -OCH3 is 1. The minimum atomic E-state index is 0.569. The molecule has 2 aromatic carbocycles. The third kappa shape index (κ3) is 2.67. The summed E-state index contributed by atoms with van der Waals surface area (Å²) in [6.07, 6.45) is 2.20. The van der Waals surface area contributed by atoms with Crippen LogP contribution in [-0.2, 0) is 13.2 Å². The smallest absolute Gasteiger partial charge is 0.120 e. The van der Waals surface area contributed by atoms with E-state index in [1.165, 1.54) is 22.0 Å². The molecular weight excluding hydrogens is 274 g/mol. The van der Waals surface area contributed by atoms with Crippen LogP contribution in [-0.4, -0.2) is 11.7 Å². The first-order valence-corrected chi connectivity index (χ1v) is 7.57. The van der Waals surface area contributed by atoms with Gasteiger partial charge in [0.05, 0.1) is 12.6 Å². The highest BCUT2D eigenvalue weighted by molar-refractivity contribution is 5.86. The monoisotopic (exact) mass is 295 g/mol. The predicted molar refractivity (Wildman–Crippen MR) is 89.7 cm³/mol. The van der Waals surface area contributed by atoms with E-state index in [2.05, 4.69) is 42.8 Å². The van der Waals surface area contributed by atoms with Crippen molar-refractivity contribution in [1.82, 2.24) is 4.57 Å². The molecule has 1 aromatic heterocycles. The first-order valence-electron chi connectivity index (χ1n) is 7.57. The second-order valence-corrected chi connectivity index (χ2v) is 5.38. The van der Waals surface area contributed by atoms with E-state index in [1.807, 2.05) is 24.3 Å². The second-order valence-electron chi connectivity index (χ2n) is 5.38. The van der Waals surface area contributed by atoms with Crippen LogP contribution < -0.4 is 9.47 Å². The lowest BCUT2D eigenvalue weighted by Crippen LogP contribution is -1.95. The Kier molecular flexibility index (Phi) is 4.05. The Bertz CT molecular complexity index is 772. The lowest BCUT2D eigenvalue weighted by Gasteiger charge is -2.06. The van der Waals surface area contributed by atoms with Gasteiger partial charge in [-0.1, -0.05) is 18.2 Å². The average molecular weight is 295 g/mol. The molecule has 0 N–H and O–H groups in total. The number of benzene rings is 2. The fourth-order valence-corrected chi connectivity index (χ4v) is 2.82. The molecule has 3 rings (SSSR count). The van der Waals surface area contributed by atoms with Crippen LogP contribution in [0.15, 0.2) is 48.7 Å². The van der Waals surface area contributed by atoms with Gasteiger partial charge in [0.25, 0.3) is 0 Å². The summed E-state index contributed by atoms with van der Waals surface area (Å²) in [7, 11) is 1.66. The number of fused-ring (bicyclic) bond motifs is 1. The topological polar surface area (TPSA) is 23.4 Å². The molecule has 3 heteroatoms. The summed E-state index contributed by atoms with van der Waals surface area (Å²) in [5.41, 5.74) is 3.82. The lowest BCUT2D eigenvalue weighted by molar-refractivity contribution is 0.306. The molecular formula is C19H21NO2. The van der Waals surface area contributed by atoms with Crippen molar-refractivity contribution in [3.05, 3.63) is 59.8 Å². The van der Waals surface area contributed by atoms with Crippen LogP contribution in [0.5, 0.6) is 11.5 Å². The molecule has 3 aromatic rings. The fraction of sp³-hybridized carbons (Fsp3) is 0.263. The maximum atomic E-state index is 5.93. The van der Waals surface area contributed by atoms with Gasteiger partial charge >= 0.3 is 0 Å². The molecule has 0 aliphatic carbocycles. The molecule has 0 saturated heterocycles. The summed E-state index contributed by atoms with van der Waals surface area (Å²) in [6, 6.07) is 14.1. The highest BCUT2D eigenvalue weighted by atomic mass is 16.5. The van der Waals surface area contributed by atoms with Gasteiger partial charge in [0.2, 0.25) is 0 Å². The standard InChI is InChI=1S/C19H21NO2/c1-4-20-12-15(18-7-5-6-14(2)19(18)20)13-22-17-10-8-16(21-3)9-11-17/h5-12H,4,13H2,1-3H3. The molecule has 0 aliphatic rings. The Labute approximate surface area is 131 Å². The summed E-state index contributed by atoms with van der Waals surface area (Å²) < 4.78 is 13.4. The van der Waals surface area contributed by atoms with Crippen LogP contribution in [0.4, 0.5) is 0 Å². The van der Waals surface area contributed by atoms with Crippen LogP contribution in [0.1, 0.15) is 18.1 Å². The molecule has 0 radical (unpaired) electrons. The van der Waals surface area contributed by atoms with Gasteiger partial charge in [0, 0.05) is 23.7 Å². The SMILES string of the molecule is CCn1cc(COc2ccc(OC)cc2)c2cccc(C)c21. The van der Waals surface area contributed by atoms with Crippen molar-refractivity contribution in [3.63, 3.8) is 0 Å². The molecule has 114 valence electrons. The zero-order valence-electron chi connectivity index (χ0n) is 13.3. The number of hydrogen-bond donors (Lipinski definition) is 0. The molecule has 0 saturated carbocycles. The highest BCUT2D eigenvalue weighted by Crippen LogP contribution is 2.26. The van der Waals surface area contributed by atoms with Crippen molar-refractivity contribution in [2.24, 2.45) is 0 Å². The van der Waals surface area contributed by atoms with E-state index in [1.54, 1.807) is 7.11 Å². The molecule has 0 amide bonds. The maximum absolute atomic E-state index is 5.93. The highest BCUT2D eigenvalue weighted by Gasteiger charge is 2.10. The van der Waals surface area contributed by atoms with Crippen molar-refractivity contribution in [3.8, 4) is 11.5 Å². The van der Waals surface area contributed by atoms with Crippen molar-refractivity contribution in [2.75, 3.05) is 7.11 Å². The van der Waals surface area contributed by atoms with Gasteiger partial charge in [-0.15, -0.1) is 0 Å². The van der Waals surface area contributed by atoms with Gasteiger partial charge in [-0.3, -0.25) is 0 Å². The number of aryl methyl sites for hydroxylation is 2. The minimum Gasteiger partial charge on any atom is -0.497 e. The summed E-state index contributed by atoms with van der Waals surface area (Å²) in [4.78, 5) is 0. The van der Waals surface area contributed by atoms with Crippen molar-refractivity contribution >= 4 is 10.9 Å². The van der Waals surface area contributed by atoms with Crippen LogP contribution in [0.25, 0.3) is 10.9 Å². The third-order valence-corrected chi connectivity index (χ3v) is 3.98. The minimum absolute atomic E-state index is 0.569. The van der Waals surface area contributed by atoms with Gasteiger partial charge in [0.1, 0.15) is 18.1 Å². The Hall–Kier alpha value is -2.42. The molecule has 0 spiro atoms. The van der Waals surface area contributed by atoms with Crippen LogP contribution in [0, 0.1) is 6.92 Å². The predicted octanol–water partition coefficient (Wildman–Crippen LogP) is 4.56. The second kappa shape index (κ2) is 6.14. The third-order valence-electron chi connectivity index (χ3n) is 3.98. The van der Waals surface area contributed by atoms with Gasteiger partial charge in [-0.2, -0.15) is 0 Å². The molecule has 22 heavy (non-hydrogen) atoms. The van der Waals surface area contributed by atoms with Gasteiger partial charge < -0.3 is 14.0 Å². The van der Waals surface area contributed by atoms with Crippen molar-refractivity contribution in [1.29, 1.82) is 0 Å². The number of aromatic nitrogens is 1. The molecule has 0 unspecified atom stereocenters. The number of hydrogen-bond acceptors (Lipinski definition) is 2. The Morgan fingerprint density at radius 1 is 1.00 bits per heavy atom.